The van der Waals surface area contributed by atoms with Gasteiger partial charge >= 0.3 is 0 Å². The summed E-state index contributed by atoms with van der Waals surface area (Å²) in [7, 11) is 0. The molecule has 1 aromatic heterocycles. The predicted molar refractivity (Wildman–Crippen MR) is 69.4 cm³/mol. The molecule has 0 N–H and O–H groups in total. The third kappa shape index (κ3) is 2.57. The van der Waals surface area contributed by atoms with Crippen molar-refractivity contribution >= 4 is 22.9 Å². The molecule has 84 valence electrons. The lowest BCUT2D eigenvalue weighted by atomic mass is 10.1. The molecule has 0 saturated heterocycles. The number of aryl methyl sites for hydroxylation is 1. The van der Waals surface area contributed by atoms with Crippen LogP contribution < -0.4 is 4.74 Å². The van der Waals surface area contributed by atoms with Crippen molar-refractivity contribution in [1.29, 1.82) is 0 Å². The van der Waals surface area contributed by atoms with Crippen molar-refractivity contribution in [2.24, 2.45) is 0 Å². The van der Waals surface area contributed by atoms with E-state index in [0.717, 1.165) is 16.9 Å². The minimum Gasteiger partial charge on any atom is -0.488 e. The van der Waals surface area contributed by atoms with E-state index < -0.39 is 0 Å². The molecular formula is C13H13ClOS. The zero-order valence-corrected chi connectivity index (χ0v) is 10.6. The minimum atomic E-state index is 0.487. The van der Waals surface area contributed by atoms with Crippen LogP contribution in [-0.4, -0.2) is 0 Å². The van der Waals surface area contributed by atoms with Crippen LogP contribution in [0.5, 0.6) is 5.75 Å². The van der Waals surface area contributed by atoms with Gasteiger partial charge in [0.1, 0.15) is 12.4 Å². The molecule has 16 heavy (non-hydrogen) atoms. The maximum absolute atomic E-state index is 5.89. The highest BCUT2D eigenvalue weighted by atomic mass is 35.5. The predicted octanol–water partition coefficient (Wildman–Crippen LogP) is 4.37. The van der Waals surface area contributed by atoms with Crippen molar-refractivity contribution in [1.82, 2.24) is 0 Å². The lowest BCUT2D eigenvalue weighted by molar-refractivity contribution is 0.302. The average Bonchev–Trinajstić information content (AvgIpc) is 2.80. The SMILES string of the molecule is Cc1cccc(CCl)c1OCc1ccsc1. The maximum Gasteiger partial charge on any atom is 0.127 e. The van der Waals surface area contributed by atoms with E-state index in [1.165, 1.54) is 5.56 Å². The molecule has 0 saturated carbocycles. The number of thiophene rings is 1. The van der Waals surface area contributed by atoms with Crippen LogP contribution in [0.15, 0.2) is 35.0 Å². The number of alkyl halides is 1. The first-order valence-electron chi connectivity index (χ1n) is 5.09. The molecule has 2 rings (SSSR count). The van der Waals surface area contributed by atoms with Crippen molar-refractivity contribution in [2.75, 3.05) is 0 Å². The summed E-state index contributed by atoms with van der Waals surface area (Å²) in [6, 6.07) is 8.12. The van der Waals surface area contributed by atoms with E-state index in [4.69, 9.17) is 16.3 Å². The molecule has 0 unspecified atom stereocenters. The Bertz CT molecular complexity index is 451. The molecule has 1 heterocycles. The smallest absolute Gasteiger partial charge is 0.127 e. The van der Waals surface area contributed by atoms with Gasteiger partial charge in [-0.15, -0.1) is 11.6 Å². The van der Waals surface area contributed by atoms with E-state index >= 15 is 0 Å². The summed E-state index contributed by atoms with van der Waals surface area (Å²) >= 11 is 7.57. The van der Waals surface area contributed by atoms with Crippen molar-refractivity contribution in [2.45, 2.75) is 19.4 Å². The maximum atomic E-state index is 5.89. The molecule has 0 fully saturated rings. The first-order valence-corrected chi connectivity index (χ1v) is 6.57. The van der Waals surface area contributed by atoms with Gasteiger partial charge in [-0.2, -0.15) is 11.3 Å². The molecule has 0 bridgehead atoms. The molecule has 0 atom stereocenters. The second-order valence-corrected chi connectivity index (χ2v) is 4.66. The van der Waals surface area contributed by atoms with Gasteiger partial charge in [-0.1, -0.05) is 18.2 Å². The lowest BCUT2D eigenvalue weighted by Gasteiger charge is -2.12. The Kier molecular flexibility index (Phi) is 3.86. The molecule has 0 aliphatic carbocycles. The van der Waals surface area contributed by atoms with Gasteiger partial charge in [0, 0.05) is 5.56 Å². The highest BCUT2D eigenvalue weighted by molar-refractivity contribution is 7.07. The van der Waals surface area contributed by atoms with E-state index in [9.17, 15) is 0 Å². The Balaban J connectivity index is 2.14. The van der Waals surface area contributed by atoms with E-state index in [2.05, 4.69) is 16.8 Å². The lowest BCUT2D eigenvalue weighted by Crippen LogP contribution is -1.98. The largest absolute Gasteiger partial charge is 0.488 e. The van der Waals surface area contributed by atoms with Crippen LogP contribution in [0.1, 0.15) is 16.7 Å². The molecule has 1 aromatic carbocycles. The fourth-order valence-electron chi connectivity index (χ4n) is 1.56. The number of rotatable bonds is 4. The van der Waals surface area contributed by atoms with E-state index in [1.807, 2.05) is 25.1 Å². The first-order chi connectivity index (χ1) is 7.81. The summed E-state index contributed by atoms with van der Waals surface area (Å²) in [5.41, 5.74) is 3.39. The van der Waals surface area contributed by atoms with Gasteiger partial charge in [0.25, 0.3) is 0 Å². The van der Waals surface area contributed by atoms with Crippen LogP contribution >= 0.6 is 22.9 Å². The highest BCUT2D eigenvalue weighted by Crippen LogP contribution is 2.26. The Labute approximate surface area is 105 Å². The van der Waals surface area contributed by atoms with E-state index in [-0.39, 0.29) is 0 Å². The molecule has 3 heteroatoms. The standard InChI is InChI=1S/C13H13ClOS/c1-10-3-2-4-12(7-14)13(10)15-8-11-5-6-16-9-11/h2-6,9H,7-8H2,1H3. The molecule has 0 aliphatic heterocycles. The summed E-state index contributed by atoms with van der Waals surface area (Å²) < 4.78 is 5.83. The van der Waals surface area contributed by atoms with Crippen molar-refractivity contribution in [3.63, 3.8) is 0 Å². The number of para-hydroxylation sites is 1. The number of hydrogen-bond donors (Lipinski definition) is 0. The van der Waals surface area contributed by atoms with Crippen LogP contribution in [0.4, 0.5) is 0 Å². The molecule has 0 spiro atoms. The number of benzene rings is 1. The Morgan fingerprint density at radius 3 is 2.88 bits per heavy atom. The molecular weight excluding hydrogens is 240 g/mol. The molecule has 2 aromatic rings. The second-order valence-electron chi connectivity index (χ2n) is 3.62. The molecule has 1 nitrogen and oxygen atoms in total. The Morgan fingerprint density at radius 2 is 2.19 bits per heavy atom. The summed E-state index contributed by atoms with van der Waals surface area (Å²) in [4.78, 5) is 0. The third-order valence-corrected chi connectivity index (χ3v) is 3.42. The molecule has 0 aliphatic rings. The summed E-state index contributed by atoms with van der Waals surface area (Å²) in [6.07, 6.45) is 0. The van der Waals surface area contributed by atoms with Gasteiger partial charge in [-0.3, -0.25) is 0 Å². The average molecular weight is 253 g/mol. The van der Waals surface area contributed by atoms with Crippen LogP contribution in [0.3, 0.4) is 0 Å². The quantitative estimate of drug-likeness (QED) is 0.734. The van der Waals surface area contributed by atoms with Gasteiger partial charge < -0.3 is 4.74 Å². The van der Waals surface area contributed by atoms with Gasteiger partial charge in [0.05, 0.1) is 5.88 Å². The van der Waals surface area contributed by atoms with Gasteiger partial charge in [0.15, 0.2) is 0 Å². The Hall–Kier alpha value is -0.990. The Morgan fingerprint density at radius 1 is 1.31 bits per heavy atom. The summed E-state index contributed by atoms with van der Waals surface area (Å²) in [5, 5.41) is 4.15. The summed E-state index contributed by atoms with van der Waals surface area (Å²) in [6.45, 7) is 2.65. The normalized spacial score (nSPS) is 10.4. The molecule has 0 radical (unpaired) electrons. The molecule has 0 amide bonds. The highest BCUT2D eigenvalue weighted by Gasteiger charge is 2.06. The van der Waals surface area contributed by atoms with Crippen molar-refractivity contribution < 1.29 is 4.74 Å². The van der Waals surface area contributed by atoms with Crippen LogP contribution in [0.25, 0.3) is 0 Å². The zero-order chi connectivity index (χ0) is 11.4. The van der Waals surface area contributed by atoms with Gasteiger partial charge in [-0.25, -0.2) is 0 Å². The van der Waals surface area contributed by atoms with Gasteiger partial charge in [-0.05, 0) is 34.9 Å². The second kappa shape index (κ2) is 5.37. The van der Waals surface area contributed by atoms with Crippen molar-refractivity contribution in [3.8, 4) is 5.75 Å². The first kappa shape index (κ1) is 11.5. The third-order valence-electron chi connectivity index (χ3n) is 2.40. The number of ether oxygens (including phenoxy) is 1. The fourth-order valence-corrected chi connectivity index (χ4v) is 2.42. The van der Waals surface area contributed by atoms with Crippen molar-refractivity contribution in [3.05, 3.63) is 51.7 Å². The topological polar surface area (TPSA) is 9.23 Å². The number of hydrogen-bond acceptors (Lipinski definition) is 2. The number of halogens is 1. The van der Waals surface area contributed by atoms with Crippen LogP contribution in [0, 0.1) is 6.92 Å². The van der Waals surface area contributed by atoms with Crippen LogP contribution in [-0.2, 0) is 12.5 Å². The summed E-state index contributed by atoms with van der Waals surface area (Å²) in [5.74, 6) is 1.41. The van der Waals surface area contributed by atoms with E-state index in [0.29, 0.717) is 12.5 Å². The minimum absolute atomic E-state index is 0.487. The zero-order valence-electron chi connectivity index (χ0n) is 9.07. The monoisotopic (exact) mass is 252 g/mol. The fraction of sp³-hybridized carbons (Fsp3) is 0.231. The van der Waals surface area contributed by atoms with Crippen LogP contribution in [0.2, 0.25) is 0 Å². The van der Waals surface area contributed by atoms with E-state index in [1.54, 1.807) is 11.3 Å². The van der Waals surface area contributed by atoms with Gasteiger partial charge in [0.2, 0.25) is 0 Å².